The van der Waals surface area contributed by atoms with Crippen LogP contribution in [0.15, 0.2) is 49.1 Å². The van der Waals surface area contributed by atoms with E-state index < -0.39 is 11.7 Å². The number of halogens is 3. The highest BCUT2D eigenvalue weighted by Gasteiger charge is 2.31. The van der Waals surface area contributed by atoms with Crippen molar-refractivity contribution in [1.29, 1.82) is 0 Å². The highest BCUT2D eigenvalue weighted by Crippen LogP contribution is 2.45. The van der Waals surface area contributed by atoms with E-state index in [9.17, 15) is 13.2 Å². The average Bonchev–Trinajstić information content (AvgIpc) is 3.73. The van der Waals surface area contributed by atoms with E-state index in [1.807, 2.05) is 12.3 Å². The Morgan fingerprint density at radius 1 is 1.03 bits per heavy atom. The van der Waals surface area contributed by atoms with Crippen LogP contribution in [0.3, 0.4) is 0 Å². The fourth-order valence-electron chi connectivity index (χ4n) is 4.68. The largest absolute Gasteiger partial charge is 0.417 e. The molecular weight excluding hydrogens is 481 g/mol. The lowest BCUT2D eigenvalue weighted by Crippen LogP contribution is -2.49. The summed E-state index contributed by atoms with van der Waals surface area (Å²) in [7, 11) is 0. The third-order valence-corrected chi connectivity index (χ3v) is 6.67. The summed E-state index contributed by atoms with van der Waals surface area (Å²) in [4.78, 5) is 24.9. The minimum Gasteiger partial charge on any atom is -0.353 e. The fraction of sp³-hybridized carbons (Fsp3) is 0.346. The molecule has 2 fully saturated rings. The van der Waals surface area contributed by atoms with E-state index in [0.29, 0.717) is 23.6 Å². The number of aromatic nitrogens is 5. The van der Waals surface area contributed by atoms with E-state index in [1.165, 1.54) is 11.6 Å². The van der Waals surface area contributed by atoms with Gasteiger partial charge in [0, 0.05) is 55.2 Å². The third-order valence-electron chi connectivity index (χ3n) is 6.67. The number of nitrogens with zero attached hydrogens (tertiary/aromatic N) is 6. The lowest BCUT2D eigenvalue weighted by atomic mass is 10.1. The van der Waals surface area contributed by atoms with Gasteiger partial charge in [0.25, 0.3) is 0 Å². The van der Waals surface area contributed by atoms with E-state index in [1.54, 1.807) is 18.5 Å². The molecule has 0 amide bonds. The predicted octanol–water partition coefficient (Wildman–Crippen LogP) is 4.92. The normalized spacial score (nSPS) is 18.3. The maximum Gasteiger partial charge on any atom is 0.417 e. The Hall–Kier alpha value is -3.86. The lowest BCUT2D eigenvalue weighted by molar-refractivity contribution is -0.137. The van der Waals surface area contributed by atoms with Crippen molar-refractivity contribution in [3.8, 4) is 11.4 Å². The minimum atomic E-state index is -4.44. The van der Waals surface area contributed by atoms with Crippen molar-refractivity contribution >= 4 is 28.4 Å². The second kappa shape index (κ2) is 9.22. The first-order valence-electron chi connectivity index (χ1n) is 12.3. The molecule has 0 aromatic carbocycles. The van der Waals surface area contributed by atoms with Gasteiger partial charge < -0.3 is 15.5 Å². The topological polar surface area (TPSA) is 91.8 Å². The molecule has 6 rings (SSSR count). The number of hydrogen-bond donors (Lipinski definition) is 2. The first-order valence-corrected chi connectivity index (χ1v) is 12.3. The van der Waals surface area contributed by atoms with Gasteiger partial charge in [-0.3, -0.25) is 4.98 Å². The van der Waals surface area contributed by atoms with Crippen molar-refractivity contribution in [2.24, 2.45) is 0 Å². The van der Waals surface area contributed by atoms with Crippen molar-refractivity contribution in [2.75, 3.05) is 29.9 Å². The molecule has 1 aliphatic carbocycles. The summed E-state index contributed by atoms with van der Waals surface area (Å²) in [6.07, 6.45) is 4.00. The van der Waals surface area contributed by atoms with Crippen LogP contribution in [0.1, 0.15) is 36.8 Å². The molecular formula is C26H25F3N8. The molecule has 1 aliphatic heterocycles. The first-order chi connectivity index (χ1) is 17.8. The zero-order valence-electron chi connectivity index (χ0n) is 20.1. The van der Waals surface area contributed by atoms with Crippen molar-refractivity contribution in [1.82, 2.24) is 30.2 Å². The molecule has 5 heterocycles. The van der Waals surface area contributed by atoms with Crippen LogP contribution in [-0.2, 0) is 6.18 Å². The maximum absolute atomic E-state index is 12.9. The second-order valence-electron chi connectivity index (χ2n) is 9.55. The molecule has 4 aromatic heterocycles. The molecule has 1 saturated carbocycles. The lowest BCUT2D eigenvalue weighted by Gasteiger charge is -2.33. The Bertz CT molecular complexity index is 1440. The van der Waals surface area contributed by atoms with Crippen molar-refractivity contribution < 1.29 is 13.2 Å². The monoisotopic (exact) mass is 506 g/mol. The second-order valence-corrected chi connectivity index (χ2v) is 9.55. The van der Waals surface area contributed by atoms with Crippen LogP contribution in [0.2, 0.25) is 0 Å². The van der Waals surface area contributed by atoms with Crippen LogP contribution in [-0.4, -0.2) is 50.6 Å². The number of pyridine rings is 3. The summed E-state index contributed by atoms with van der Waals surface area (Å²) in [6, 6.07) is 6.17. The third kappa shape index (κ3) is 4.91. The summed E-state index contributed by atoms with van der Waals surface area (Å²) >= 11 is 0. The summed E-state index contributed by atoms with van der Waals surface area (Å²) in [5.74, 6) is 2.63. The molecule has 1 unspecified atom stereocenters. The molecule has 4 aromatic rings. The quantitative estimate of drug-likeness (QED) is 0.394. The van der Waals surface area contributed by atoms with Crippen LogP contribution in [0.5, 0.6) is 0 Å². The van der Waals surface area contributed by atoms with Crippen molar-refractivity contribution in [2.45, 2.75) is 37.9 Å². The van der Waals surface area contributed by atoms with Crippen molar-refractivity contribution in [3.63, 3.8) is 0 Å². The number of hydrogen-bond acceptors (Lipinski definition) is 8. The number of nitrogens with one attached hydrogen (secondary N) is 2. The Morgan fingerprint density at radius 3 is 2.62 bits per heavy atom. The number of fused-ring (bicyclic) bond motifs is 1. The van der Waals surface area contributed by atoms with Crippen molar-refractivity contribution in [3.05, 3.63) is 60.2 Å². The van der Waals surface area contributed by atoms with Crippen LogP contribution < -0.4 is 15.5 Å². The van der Waals surface area contributed by atoms with Gasteiger partial charge in [-0.25, -0.2) is 19.9 Å². The van der Waals surface area contributed by atoms with E-state index in [2.05, 4.69) is 37.4 Å². The molecule has 11 heteroatoms. The molecule has 1 atom stereocenters. The van der Waals surface area contributed by atoms with E-state index in [-0.39, 0.29) is 5.82 Å². The summed E-state index contributed by atoms with van der Waals surface area (Å²) in [5.41, 5.74) is 1.92. The van der Waals surface area contributed by atoms with Gasteiger partial charge in [0.1, 0.15) is 17.5 Å². The zero-order valence-corrected chi connectivity index (χ0v) is 20.1. The number of rotatable bonds is 5. The molecule has 0 spiro atoms. The minimum absolute atomic E-state index is 0.255. The Balaban J connectivity index is 1.37. The smallest absolute Gasteiger partial charge is 0.353 e. The van der Waals surface area contributed by atoms with Crippen LogP contribution in [0.25, 0.3) is 22.3 Å². The molecule has 2 N–H and O–H groups in total. The van der Waals surface area contributed by atoms with Gasteiger partial charge in [0.15, 0.2) is 5.82 Å². The standard InChI is InChI=1S/C26H25F3N8/c1-15-14-37(9-8-31-15)25-23-19(16-2-3-16)12-30-13-20(23)34-24(36-25)17-6-7-32-22(10-17)35-21-5-4-18(11-33-21)26(27,28)29/h4-7,10-13,15-16,31H,2-3,8-9,14H2,1H3,(H,32,33,35). The highest BCUT2D eigenvalue weighted by atomic mass is 19.4. The maximum atomic E-state index is 12.9. The van der Waals surface area contributed by atoms with Gasteiger partial charge in [-0.15, -0.1) is 0 Å². The van der Waals surface area contributed by atoms with Crippen LogP contribution in [0.4, 0.5) is 30.6 Å². The molecule has 2 aliphatic rings. The SMILES string of the molecule is CC1CN(c2nc(-c3ccnc(Nc4ccc(C(F)(F)F)cn4)c3)nc3cncc(C4CC4)c23)CCN1. The number of anilines is 3. The predicted molar refractivity (Wildman–Crippen MR) is 135 cm³/mol. The van der Waals surface area contributed by atoms with Gasteiger partial charge >= 0.3 is 6.18 Å². The number of alkyl halides is 3. The summed E-state index contributed by atoms with van der Waals surface area (Å²) in [6.45, 7) is 4.71. The Morgan fingerprint density at radius 2 is 1.89 bits per heavy atom. The average molecular weight is 507 g/mol. The number of piperazine rings is 1. The Kier molecular flexibility index (Phi) is 5.86. The first kappa shape index (κ1) is 23.5. The molecule has 37 heavy (non-hydrogen) atoms. The molecule has 0 bridgehead atoms. The fourth-order valence-corrected chi connectivity index (χ4v) is 4.68. The van der Waals surface area contributed by atoms with E-state index in [0.717, 1.165) is 67.0 Å². The van der Waals surface area contributed by atoms with E-state index in [4.69, 9.17) is 9.97 Å². The van der Waals surface area contributed by atoms with Gasteiger partial charge in [0.05, 0.1) is 17.3 Å². The highest BCUT2D eigenvalue weighted by molar-refractivity contribution is 5.94. The van der Waals surface area contributed by atoms with Gasteiger partial charge in [-0.2, -0.15) is 13.2 Å². The molecule has 1 saturated heterocycles. The van der Waals surface area contributed by atoms with E-state index >= 15 is 0 Å². The Labute approximate surface area is 211 Å². The van der Waals surface area contributed by atoms with Crippen LogP contribution >= 0.6 is 0 Å². The zero-order chi connectivity index (χ0) is 25.6. The summed E-state index contributed by atoms with van der Waals surface area (Å²) < 4.78 is 38.6. The molecule has 0 radical (unpaired) electrons. The molecule has 8 nitrogen and oxygen atoms in total. The summed E-state index contributed by atoms with van der Waals surface area (Å²) in [5, 5.41) is 7.52. The van der Waals surface area contributed by atoms with Gasteiger partial charge in [0.2, 0.25) is 0 Å². The van der Waals surface area contributed by atoms with Gasteiger partial charge in [-0.1, -0.05) is 0 Å². The molecule has 190 valence electrons. The van der Waals surface area contributed by atoms with Crippen LogP contribution in [0, 0.1) is 0 Å². The van der Waals surface area contributed by atoms with Gasteiger partial charge in [-0.05, 0) is 55.5 Å².